The van der Waals surface area contributed by atoms with E-state index in [0.717, 1.165) is 30.5 Å². The lowest BCUT2D eigenvalue weighted by Gasteiger charge is -2.25. The van der Waals surface area contributed by atoms with Crippen molar-refractivity contribution in [3.8, 4) is 0 Å². The molecule has 0 aromatic heterocycles. The summed E-state index contributed by atoms with van der Waals surface area (Å²) in [6.45, 7) is 0. The molecule has 3 nitrogen and oxygen atoms in total. The Morgan fingerprint density at radius 1 is 1.09 bits per heavy atom. The minimum atomic E-state index is 0.0214. The highest BCUT2D eigenvalue weighted by Crippen LogP contribution is 2.21. The molecule has 0 saturated heterocycles. The van der Waals surface area contributed by atoms with Gasteiger partial charge in [0.05, 0.1) is 0 Å². The van der Waals surface area contributed by atoms with E-state index in [1.165, 1.54) is 11.1 Å². The van der Waals surface area contributed by atoms with Crippen LogP contribution >= 0.6 is 0 Å². The first-order valence-electron chi connectivity index (χ1n) is 7.78. The Kier molecular flexibility index (Phi) is 4.14. The van der Waals surface area contributed by atoms with Gasteiger partial charge in [0, 0.05) is 31.4 Å². The lowest BCUT2D eigenvalue weighted by molar-refractivity contribution is 0.0933. The van der Waals surface area contributed by atoms with Gasteiger partial charge in [0.1, 0.15) is 0 Å². The van der Waals surface area contributed by atoms with Crippen molar-refractivity contribution in [3.05, 3.63) is 65.2 Å². The second-order valence-corrected chi connectivity index (χ2v) is 6.13. The first-order valence-corrected chi connectivity index (χ1v) is 7.78. The van der Waals surface area contributed by atoms with Crippen molar-refractivity contribution in [2.75, 3.05) is 19.0 Å². The van der Waals surface area contributed by atoms with Gasteiger partial charge in [0.15, 0.2) is 0 Å². The van der Waals surface area contributed by atoms with Gasteiger partial charge in [-0.1, -0.05) is 30.3 Å². The van der Waals surface area contributed by atoms with Gasteiger partial charge >= 0.3 is 0 Å². The van der Waals surface area contributed by atoms with Crippen LogP contribution in [0.2, 0.25) is 0 Å². The van der Waals surface area contributed by atoms with Gasteiger partial charge in [-0.15, -0.1) is 0 Å². The number of carbonyl (C=O) groups is 1. The maximum Gasteiger partial charge on any atom is 0.251 e. The molecule has 1 aliphatic rings. The molecule has 114 valence electrons. The summed E-state index contributed by atoms with van der Waals surface area (Å²) in [5, 5.41) is 3.18. The molecule has 0 aliphatic heterocycles. The molecular formula is C19H22N2O. The number of amides is 1. The smallest absolute Gasteiger partial charge is 0.251 e. The van der Waals surface area contributed by atoms with Crippen molar-refractivity contribution in [3.63, 3.8) is 0 Å². The molecule has 2 aromatic carbocycles. The van der Waals surface area contributed by atoms with Crippen molar-refractivity contribution in [2.24, 2.45) is 0 Å². The van der Waals surface area contributed by atoms with Gasteiger partial charge in [-0.2, -0.15) is 0 Å². The van der Waals surface area contributed by atoms with E-state index in [1.807, 2.05) is 43.3 Å². The molecule has 3 rings (SSSR count). The van der Waals surface area contributed by atoms with Crippen molar-refractivity contribution in [2.45, 2.75) is 25.3 Å². The number of anilines is 1. The Bertz CT molecular complexity index is 679. The zero-order chi connectivity index (χ0) is 15.5. The summed E-state index contributed by atoms with van der Waals surface area (Å²) in [6, 6.07) is 16.5. The van der Waals surface area contributed by atoms with E-state index in [4.69, 9.17) is 0 Å². The maximum atomic E-state index is 12.5. The van der Waals surface area contributed by atoms with Crippen LogP contribution in [0, 0.1) is 0 Å². The first kappa shape index (κ1) is 14.6. The predicted molar refractivity (Wildman–Crippen MR) is 90.5 cm³/mol. The van der Waals surface area contributed by atoms with Gasteiger partial charge in [-0.3, -0.25) is 4.79 Å². The van der Waals surface area contributed by atoms with E-state index in [1.54, 1.807) is 0 Å². The number of carbonyl (C=O) groups excluding carboxylic acids is 1. The fraction of sp³-hybridized carbons (Fsp3) is 0.316. The molecule has 1 atom stereocenters. The molecule has 3 heteroatoms. The van der Waals surface area contributed by atoms with Crippen molar-refractivity contribution < 1.29 is 4.79 Å². The molecule has 0 spiro atoms. The average molecular weight is 294 g/mol. The molecule has 0 saturated carbocycles. The van der Waals surface area contributed by atoms with Crippen LogP contribution in [0.1, 0.15) is 27.9 Å². The largest absolute Gasteiger partial charge is 0.378 e. The van der Waals surface area contributed by atoms with E-state index in [2.05, 4.69) is 29.6 Å². The normalized spacial score (nSPS) is 16.7. The predicted octanol–water partition coefficient (Wildman–Crippen LogP) is 3.04. The van der Waals surface area contributed by atoms with E-state index in [-0.39, 0.29) is 11.9 Å². The van der Waals surface area contributed by atoms with Gasteiger partial charge in [-0.05, 0) is 48.6 Å². The fourth-order valence-corrected chi connectivity index (χ4v) is 3.02. The number of rotatable bonds is 3. The summed E-state index contributed by atoms with van der Waals surface area (Å²) in [6.07, 6.45) is 2.98. The highest BCUT2D eigenvalue weighted by atomic mass is 16.1. The number of fused-ring (bicyclic) bond motifs is 1. The molecule has 1 aliphatic carbocycles. The topological polar surface area (TPSA) is 32.3 Å². The Labute approximate surface area is 132 Å². The molecule has 0 radical (unpaired) electrons. The molecule has 0 heterocycles. The van der Waals surface area contributed by atoms with Crippen LogP contribution < -0.4 is 10.2 Å². The second-order valence-electron chi connectivity index (χ2n) is 6.13. The monoisotopic (exact) mass is 294 g/mol. The standard InChI is InChI=1S/C19H22N2O/c1-21(2)18-9-5-8-16(13-18)19(22)20-17-11-10-14-6-3-4-7-15(14)12-17/h3-9,13,17H,10-12H2,1-2H3,(H,20,22)/t17-/m0/s1. The molecular weight excluding hydrogens is 272 g/mol. The summed E-state index contributed by atoms with van der Waals surface area (Å²) in [5.41, 5.74) is 4.55. The SMILES string of the molecule is CN(C)c1cccc(C(=O)N[C@H]2CCc3ccccc3C2)c1. The van der Waals surface area contributed by atoms with E-state index >= 15 is 0 Å². The van der Waals surface area contributed by atoms with E-state index in [0.29, 0.717) is 0 Å². The van der Waals surface area contributed by atoms with E-state index < -0.39 is 0 Å². The third kappa shape index (κ3) is 3.14. The fourth-order valence-electron chi connectivity index (χ4n) is 3.02. The number of aryl methyl sites for hydroxylation is 1. The van der Waals surface area contributed by atoms with Gasteiger partial charge in [-0.25, -0.2) is 0 Å². The summed E-state index contributed by atoms with van der Waals surface area (Å²) >= 11 is 0. The summed E-state index contributed by atoms with van der Waals surface area (Å²) in [4.78, 5) is 14.5. The van der Waals surface area contributed by atoms with Crippen LogP contribution in [-0.4, -0.2) is 26.0 Å². The molecule has 0 fully saturated rings. The number of nitrogens with one attached hydrogen (secondary N) is 1. The van der Waals surface area contributed by atoms with Crippen LogP contribution in [0.25, 0.3) is 0 Å². The summed E-state index contributed by atoms with van der Waals surface area (Å²) in [7, 11) is 3.96. The zero-order valence-electron chi connectivity index (χ0n) is 13.2. The highest BCUT2D eigenvalue weighted by Gasteiger charge is 2.20. The second kappa shape index (κ2) is 6.22. The Balaban J connectivity index is 1.69. The number of hydrogen-bond donors (Lipinski definition) is 1. The average Bonchev–Trinajstić information content (AvgIpc) is 2.55. The lowest BCUT2D eigenvalue weighted by atomic mass is 9.88. The summed E-state index contributed by atoms with van der Waals surface area (Å²) in [5.74, 6) is 0.0214. The number of benzene rings is 2. The molecule has 2 aromatic rings. The summed E-state index contributed by atoms with van der Waals surface area (Å²) < 4.78 is 0. The van der Waals surface area contributed by atoms with Crippen molar-refractivity contribution in [1.82, 2.24) is 5.32 Å². The van der Waals surface area contributed by atoms with Crippen LogP contribution in [0.4, 0.5) is 5.69 Å². The van der Waals surface area contributed by atoms with Crippen LogP contribution in [-0.2, 0) is 12.8 Å². The molecule has 1 amide bonds. The van der Waals surface area contributed by atoms with Crippen molar-refractivity contribution >= 4 is 11.6 Å². The molecule has 1 N–H and O–H groups in total. The maximum absolute atomic E-state index is 12.5. The molecule has 0 unspecified atom stereocenters. The quantitative estimate of drug-likeness (QED) is 0.943. The first-order chi connectivity index (χ1) is 10.6. The van der Waals surface area contributed by atoms with Gasteiger partial charge in [0.25, 0.3) is 5.91 Å². The van der Waals surface area contributed by atoms with Crippen LogP contribution in [0.5, 0.6) is 0 Å². The lowest BCUT2D eigenvalue weighted by Crippen LogP contribution is -2.38. The Hall–Kier alpha value is -2.29. The Morgan fingerprint density at radius 2 is 1.86 bits per heavy atom. The van der Waals surface area contributed by atoms with Crippen LogP contribution in [0.3, 0.4) is 0 Å². The van der Waals surface area contributed by atoms with Gasteiger partial charge < -0.3 is 10.2 Å². The highest BCUT2D eigenvalue weighted by molar-refractivity contribution is 5.95. The molecule has 22 heavy (non-hydrogen) atoms. The minimum Gasteiger partial charge on any atom is -0.378 e. The number of hydrogen-bond acceptors (Lipinski definition) is 2. The Morgan fingerprint density at radius 3 is 2.64 bits per heavy atom. The third-order valence-corrected chi connectivity index (χ3v) is 4.31. The third-order valence-electron chi connectivity index (χ3n) is 4.31. The minimum absolute atomic E-state index is 0.0214. The van der Waals surface area contributed by atoms with Crippen molar-refractivity contribution in [1.29, 1.82) is 0 Å². The van der Waals surface area contributed by atoms with E-state index in [9.17, 15) is 4.79 Å². The zero-order valence-corrected chi connectivity index (χ0v) is 13.2. The number of nitrogens with zero attached hydrogens (tertiary/aromatic N) is 1. The van der Waals surface area contributed by atoms with Crippen LogP contribution in [0.15, 0.2) is 48.5 Å². The molecule has 0 bridgehead atoms. The van der Waals surface area contributed by atoms with Gasteiger partial charge in [0.2, 0.25) is 0 Å².